The zero-order valence-electron chi connectivity index (χ0n) is 21.9. The summed E-state index contributed by atoms with van der Waals surface area (Å²) in [5, 5.41) is 1.91. The Bertz CT molecular complexity index is 1600. The number of rotatable bonds is 7. The fourth-order valence-corrected chi connectivity index (χ4v) is 5.83. The van der Waals surface area contributed by atoms with Crippen LogP contribution in [0.2, 0.25) is 0 Å². The third-order valence-electron chi connectivity index (χ3n) is 7.11. The number of piperazine rings is 1. The fourth-order valence-electron chi connectivity index (χ4n) is 5.18. The Labute approximate surface area is 233 Å². The van der Waals surface area contributed by atoms with E-state index in [9.17, 15) is 0 Å². The normalized spacial score (nSPS) is 16.5. The van der Waals surface area contributed by atoms with Crippen molar-refractivity contribution in [2.45, 2.75) is 19.5 Å². The number of anilines is 1. The Balaban J connectivity index is 1.36. The molecule has 196 valence electrons. The molecule has 7 nitrogen and oxygen atoms in total. The average molecular weight is 534 g/mol. The number of nitrogens with two attached hydrogens (primary N) is 1. The molecule has 0 amide bonds. The van der Waals surface area contributed by atoms with E-state index in [-0.39, 0.29) is 0 Å². The zero-order valence-corrected chi connectivity index (χ0v) is 22.8. The maximum Gasteiger partial charge on any atom is 0.165 e. The Morgan fingerprint density at radius 3 is 2.54 bits per heavy atom. The molecule has 5 aromatic rings. The lowest BCUT2D eigenvalue weighted by atomic mass is 10.1. The van der Waals surface area contributed by atoms with Gasteiger partial charge in [-0.15, -0.1) is 0 Å². The number of hydrogen-bond acceptors (Lipinski definition) is 7. The smallest absolute Gasteiger partial charge is 0.165 e. The number of benzene rings is 2. The van der Waals surface area contributed by atoms with Crippen molar-refractivity contribution in [3.05, 3.63) is 103 Å². The highest BCUT2D eigenvalue weighted by atomic mass is 32.2. The Morgan fingerprint density at radius 2 is 1.79 bits per heavy atom. The Hall–Kier alpha value is -3.98. The Morgan fingerprint density at radius 1 is 0.974 bits per heavy atom. The minimum atomic E-state index is 0.442. The van der Waals surface area contributed by atoms with Gasteiger partial charge in [-0.1, -0.05) is 61.0 Å². The lowest BCUT2D eigenvalue weighted by Gasteiger charge is -2.38. The van der Waals surface area contributed by atoms with Gasteiger partial charge >= 0.3 is 0 Å². The number of aromatic nitrogens is 4. The number of hydrogen-bond donors (Lipinski definition) is 1. The molecule has 3 aromatic heterocycles. The van der Waals surface area contributed by atoms with Gasteiger partial charge in [-0.25, -0.2) is 19.3 Å². The highest BCUT2D eigenvalue weighted by molar-refractivity contribution is 7.99. The van der Waals surface area contributed by atoms with E-state index in [2.05, 4.69) is 68.7 Å². The summed E-state index contributed by atoms with van der Waals surface area (Å²) >= 11 is 1.71. The van der Waals surface area contributed by atoms with Crippen LogP contribution < -0.4 is 5.73 Å². The molecule has 1 atom stereocenters. The molecule has 8 heteroatoms. The van der Waals surface area contributed by atoms with E-state index in [1.165, 1.54) is 5.56 Å². The molecule has 2 aromatic carbocycles. The molecule has 0 spiro atoms. The van der Waals surface area contributed by atoms with E-state index in [4.69, 9.17) is 15.7 Å². The number of imidazole rings is 1. The van der Waals surface area contributed by atoms with Gasteiger partial charge in [0.05, 0.1) is 11.3 Å². The molecular weight excluding hydrogens is 502 g/mol. The first-order valence-electron chi connectivity index (χ1n) is 13.1. The summed E-state index contributed by atoms with van der Waals surface area (Å²) in [6, 6.07) is 27.3. The highest BCUT2D eigenvalue weighted by Crippen LogP contribution is 2.32. The summed E-state index contributed by atoms with van der Waals surface area (Å²) in [6.45, 7) is 10.2. The molecule has 6 rings (SSSR count). The van der Waals surface area contributed by atoms with E-state index in [0.29, 0.717) is 11.9 Å². The van der Waals surface area contributed by atoms with Crippen molar-refractivity contribution >= 4 is 28.9 Å². The lowest BCUT2D eigenvalue weighted by molar-refractivity contribution is 0.146. The van der Waals surface area contributed by atoms with Crippen molar-refractivity contribution in [1.82, 2.24) is 28.7 Å². The van der Waals surface area contributed by atoms with Crippen LogP contribution in [0.5, 0.6) is 0 Å². The fraction of sp³-hybridized carbons (Fsp3) is 0.194. The number of nitrogens with zero attached hydrogens (tertiary/aromatic N) is 6. The van der Waals surface area contributed by atoms with E-state index >= 15 is 0 Å². The van der Waals surface area contributed by atoms with Crippen LogP contribution in [-0.4, -0.2) is 54.4 Å². The third-order valence-corrected chi connectivity index (χ3v) is 8.08. The molecule has 1 saturated heterocycles. The van der Waals surface area contributed by atoms with Crippen LogP contribution in [0.1, 0.15) is 12.5 Å². The summed E-state index contributed by atoms with van der Waals surface area (Å²) in [4.78, 5) is 16.9. The van der Waals surface area contributed by atoms with Crippen molar-refractivity contribution in [2.75, 3.05) is 25.4 Å². The molecule has 4 heterocycles. The maximum atomic E-state index is 6.31. The second-order valence-corrected chi connectivity index (χ2v) is 10.8. The van der Waals surface area contributed by atoms with E-state index in [1.54, 1.807) is 18.1 Å². The van der Waals surface area contributed by atoms with E-state index in [0.717, 1.165) is 65.7 Å². The average Bonchev–Trinajstić information content (AvgIpc) is 3.34. The molecule has 39 heavy (non-hydrogen) atoms. The van der Waals surface area contributed by atoms with Crippen LogP contribution in [0.15, 0.2) is 97.0 Å². The minimum absolute atomic E-state index is 0.442. The molecule has 0 aliphatic carbocycles. The molecule has 1 aliphatic heterocycles. The van der Waals surface area contributed by atoms with Crippen LogP contribution in [0.4, 0.5) is 5.82 Å². The van der Waals surface area contributed by atoms with Crippen LogP contribution in [0.25, 0.3) is 39.5 Å². The predicted octanol–water partition coefficient (Wildman–Crippen LogP) is 6.03. The second kappa shape index (κ2) is 11.0. The summed E-state index contributed by atoms with van der Waals surface area (Å²) in [5.41, 5.74) is 12.9. The highest BCUT2D eigenvalue weighted by Gasteiger charge is 2.24. The first-order chi connectivity index (χ1) is 19.1. The summed E-state index contributed by atoms with van der Waals surface area (Å²) in [5.74, 6) is 1.17. The van der Waals surface area contributed by atoms with Crippen molar-refractivity contribution in [3.8, 4) is 28.3 Å². The summed E-state index contributed by atoms with van der Waals surface area (Å²) < 4.78 is 4.49. The van der Waals surface area contributed by atoms with Gasteiger partial charge in [0.25, 0.3) is 0 Å². The minimum Gasteiger partial charge on any atom is -0.383 e. The molecule has 0 radical (unpaired) electrons. The molecule has 2 N–H and O–H groups in total. The molecule has 0 saturated carbocycles. The van der Waals surface area contributed by atoms with Crippen LogP contribution in [0, 0.1) is 0 Å². The monoisotopic (exact) mass is 533 g/mol. The standard InChI is InChI=1S/C31H31N7S/c1-3-39-37-19-18-36(20-22(37)2)21-23-11-13-25(14-12-23)38-30(26-10-7-17-33-29(26)32)35-28-16-15-27(34-31(28)38)24-8-5-4-6-9-24/h3-17,22H,1,18-21H2,2H3,(H2,32,33). The SMILES string of the molecule is C=CSN1CCN(Cc2ccc(-n3c(-c4cccnc4N)nc4ccc(-c5ccccc5)nc43)cc2)CC1C. The largest absolute Gasteiger partial charge is 0.383 e. The summed E-state index contributed by atoms with van der Waals surface area (Å²) in [7, 11) is 0. The second-order valence-electron chi connectivity index (χ2n) is 9.78. The van der Waals surface area contributed by atoms with Gasteiger partial charge in [0.1, 0.15) is 11.3 Å². The summed E-state index contributed by atoms with van der Waals surface area (Å²) in [6.07, 6.45) is 1.70. The van der Waals surface area contributed by atoms with E-state index in [1.807, 2.05) is 47.9 Å². The molecule has 1 unspecified atom stereocenters. The quantitative estimate of drug-likeness (QED) is 0.256. The van der Waals surface area contributed by atoms with Gasteiger partial charge in [-0.05, 0) is 54.3 Å². The van der Waals surface area contributed by atoms with Crippen LogP contribution >= 0.6 is 11.9 Å². The van der Waals surface area contributed by atoms with E-state index < -0.39 is 0 Å². The zero-order chi connectivity index (χ0) is 26.8. The topological polar surface area (TPSA) is 76.1 Å². The lowest BCUT2D eigenvalue weighted by Crippen LogP contribution is -2.48. The molecule has 0 bridgehead atoms. The number of nitrogen functional groups attached to an aromatic ring is 1. The third kappa shape index (κ3) is 5.18. The van der Waals surface area contributed by atoms with Gasteiger partial charge in [0.15, 0.2) is 11.5 Å². The number of fused-ring (bicyclic) bond motifs is 1. The maximum absolute atomic E-state index is 6.31. The first kappa shape index (κ1) is 25.3. The molecular formula is C31H31N7S. The first-order valence-corrected chi connectivity index (χ1v) is 14.0. The van der Waals surface area contributed by atoms with Gasteiger partial charge in [-0.2, -0.15) is 0 Å². The van der Waals surface area contributed by atoms with Crippen molar-refractivity contribution in [1.29, 1.82) is 0 Å². The Kier molecular flexibility index (Phi) is 7.15. The van der Waals surface area contributed by atoms with Gasteiger partial charge in [0.2, 0.25) is 0 Å². The van der Waals surface area contributed by atoms with Crippen LogP contribution in [-0.2, 0) is 6.54 Å². The van der Waals surface area contributed by atoms with Crippen molar-refractivity contribution in [3.63, 3.8) is 0 Å². The van der Waals surface area contributed by atoms with Crippen molar-refractivity contribution in [2.24, 2.45) is 0 Å². The molecule has 1 aliphatic rings. The van der Waals surface area contributed by atoms with Crippen molar-refractivity contribution < 1.29 is 0 Å². The van der Waals surface area contributed by atoms with Gasteiger partial charge < -0.3 is 5.73 Å². The van der Waals surface area contributed by atoms with Gasteiger partial charge in [-0.3, -0.25) is 9.47 Å². The van der Waals surface area contributed by atoms with Crippen LogP contribution in [0.3, 0.4) is 0 Å². The molecule has 1 fully saturated rings. The predicted molar refractivity (Wildman–Crippen MR) is 161 cm³/mol. The van der Waals surface area contributed by atoms with Gasteiger partial charge in [0, 0.05) is 49.7 Å². The number of pyridine rings is 2.